The molecule has 4 nitrogen and oxygen atoms in total. The van der Waals surface area contributed by atoms with Gasteiger partial charge < -0.3 is 10.1 Å². The highest BCUT2D eigenvalue weighted by atomic mass is 35.5. The summed E-state index contributed by atoms with van der Waals surface area (Å²) < 4.78 is 18.0. The zero-order chi connectivity index (χ0) is 18.4. The molecule has 0 aliphatic rings. The molecule has 0 aliphatic heterocycles. The van der Waals surface area contributed by atoms with Crippen LogP contribution < -0.4 is 5.32 Å². The third-order valence-electron chi connectivity index (χ3n) is 3.41. The van der Waals surface area contributed by atoms with Crippen LogP contribution in [0, 0.1) is 5.82 Å². The summed E-state index contributed by atoms with van der Waals surface area (Å²) in [6.07, 6.45) is -0.108. The molecule has 0 unspecified atom stereocenters. The van der Waals surface area contributed by atoms with Crippen molar-refractivity contribution in [2.75, 3.05) is 6.61 Å². The number of hydrogen-bond donors (Lipinski definition) is 1. The summed E-state index contributed by atoms with van der Waals surface area (Å²) in [4.78, 5) is 23.6. The van der Waals surface area contributed by atoms with E-state index in [0.717, 1.165) is 0 Å². The van der Waals surface area contributed by atoms with Crippen LogP contribution in [0.1, 0.15) is 24.1 Å². The van der Waals surface area contributed by atoms with Gasteiger partial charge in [-0.3, -0.25) is 9.59 Å². The largest absolute Gasteiger partial charge is 0.455 e. The van der Waals surface area contributed by atoms with Gasteiger partial charge in [0, 0.05) is 10.0 Å². The van der Waals surface area contributed by atoms with E-state index in [0.29, 0.717) is 21.2 Å². The van der Waals surface area contributed by atoms with Crippen LogP contribution in [0.4, 0.5) is 4.39 Å². The second-order valence-corrected chi connectivity index (χ2v) is 6.27. The van der Waals surface area contributed by atoms with Crippen LogP contribution in [-0.2, 0) is 20.7 Å². The maximum absolute atomic E-state index is 13.1. The van der Waals surface area contributed by atoms with E-state index < -0.39 is 24.3 Å². The van der Waals surface area contributed by atoms with Crippen molar-refractivity contribution in [2.45, 2.75) is 19.4 Å². The summed E-state index contributed by atoms with van der Waals surface area (Å²) in [5, 5.41) is 3.61. The van der Waals surface area contributed by atoms with E-state index in [-0.39, 0.29) is 12.5 Å². The average molecular weight is 384 g/mol. The number of nitrogens with one attached hydrogen (secondary N) is 1. The van der Waals surface area contributed by atoms with Crippen LogP contribution in [-0.4, -0.2) is 18.5 Å². The lowest BCUT2D eigenvalue weighted by molar-refractivity contribution is -0.148. The molecule has 2 aromatic carbocycles. The van der Waals surface area contributed by atoms with Crippen molar-refractivity contribution in [1.82, 2.24) is 5.32 Å². The van der Waals surface area contributed by atoms with Crippen molar-refractivity contribution in [1.29, 1.82) is 0 Å². The molecule has 0 bridgehead atoms. The predicted molar refractivity (Wildman–Crippen MR) is 94.1 cm³/mol. The molecular formula is C18H16Cl2FNO3. The molecular weight excluding hydrogens is 368 g/mol. The number of benzene rings is 2. The maximum Gasteiger partial charge on any atom is 0.310 e. The number of ether oxygens (including phenoxy) is 1. The van der Waals surface area contributed by atoms with Crippen molar-refractivity contribution in [3.05, 3.63) is 69.5 Å². The van der Waals surface area contributed by atoms with Crippen molar-refractivity contribution >= 4 is 35.1 Å². The number of carbonyl (C=O) groups excluding carboxylic acids is 2. The van der Waals surface area contributed by atoms with E-state index in [1.165, 1.54) is 18.2 Å². The molecule has 0 heterocycles. The predicted octanol–water partition coefficient (Wildman–Crippen LogP) is 4.10. The van der Waals surface area contributed by atoms with Gasteiger partial charge in [-0.1, -0.05) is 41.4 Å². The highest BCUT2D eigenvalue weighted by Crippen LogP contribution is 2.25. The summed E-state index contributed by atoms with van der Waals surface area (Å²) in [6.45, 7) is 1.32. The van der Waals surface area contributed by atoms with Crippen LogP contribution in [0.3, 0.4) is 0 Å². The minimum atomic E-state index is -0.613. The molecule has 0 saturated carbocycles. The lowest BCUT2D eigenvalue weighted by Gasteiger charge is -2.16. The molecule has 0 spiro atoms. The molecule has 1 amide bonds. The second-order valence-electron chi connectivity index (χ2n) is 5.42. The molecule has 132 valence electrons. The van der Waals surface area contributed by atoms with E-state index in [9.17, 15) is 14.0 Å². The zero-order valence-corrected chi connectivity index (χ0v) is 14.9. The second kappa shape index (κ2) is 8.83. The Hall–Kier alpha value is -2.11. The molecule has 2 aromatic rings. The molecule has 2 rings (SSSR count). The molecule has 0 radical (unpaired) electrons. The molecule has 0 fully saturated rings. The first-order chi connectivity index (χ1) is 11.8. The van der Waals surface area contributed by atoms with Gasteiger partial charge in [-0.2, -0.15) is 0 Å². The third kappa shape index (κ3) is 6.03. The number of amides is 1. The van der Waals surface area contributed by atoms with Crippen LogP contribution in [0.2, 0.25) is 10.0 Å². The van der Waals surface area contributed by atoms with Crippen LogP contribution in [0.5, 0.6) is 0 Å². The first-order valence-corrected chi connectivity index (χ1v) is 8.25. The number of carbonyl (C=O) groups is 2. The normalized spacial score (nSPS) is 11.7. The first kappa shape index (κ1) is 19.2. The third-order valence-corrected chi connectivity index (χ3v) is 3.97. The van der Waals surface area contributed by atoms with Gasteiger partial charge in [0.05, 0.1) is 12.5 Å². The Kier molecular flexibility index (Phi) is 6.79. The summed E-state index contributed by atoms with van der Waals surface area (Å²) in [5.41, 5.74) is 1.18. The van der Waals surface area contributed by atoms with Gasteiger partial charge in [0.1, 0.15) is 5.82 Å². The number of hydrogen-bond acceptors (Lipinski definition) is 3. The lowest BCUT2D eigenvalue weighted by atomic mass is 10.1. The number of rotatable bonds is 6. The van der Waals surface area contributed by atoms with Gasteiger partial charge >= 0.3 is 5.97 Å². The highest BCUT2D eigenvalue weighted by Gasteiger charge is 2.15. The van der Waals surface area contributed by atoms with Gasteiger partial charge in [-0.05, 0) is 42.3 Å². The van der Waals surface area contributed by atoms with Gasteiger partial charge in [-0.15, -0.1) is 0 Å². The minimum absolute atomic E-state index is 0.108. The Labute approximate surface area is 154 Å². The van der Waals surface area contributed by atoms with E-state index in [1.807, 2.05) is 0 Å². The van der Waals surface area contributed by atoms with Crippen molar-refractivity contribution < 1.29 is 18.7 Å². The fraction of sp³-hybridized carbons (Fsp3) is 0.222. The van der Waals surface area contributed by atoms with Crippen molar-refractivity contribution in [3.8, 4) is 0 Å². The van der Waals surface area contributed by atoms with Crippen molar-refractivity contribution in [2.24, 2.45) is 0 Å². The molecule has 0 aromatic heterocycles. The molecule has 0 aliphatic carbocycles. The smallest absolute Gasteiger partial charge is 0.310 e. The van der Waals surface area contributed by atoms with E-state index >= 15 is 0 Å². The number of halogens is 3. The summed E-state index contributed by atoms with van der Waals surface area (Å²) >= 11 is 11.9. The highest BCUT2D eigenvalue weighted by molar-refractivity contribution is 6.35. The SMILES string of the molecule is C[C@@H](NC(=O)COC(=O)Cc1cccc(F)c1)c1ccc(Cl)cc1Cl. The minimum Gasteiger partial charge on any atom is -0.455 e. The van der Waals surface area contributed by atoms with E-state index in [2.05, 4.69) is 5.32 Å². The van der Waals surface area contributed by atoms with Crippen LogP contribution >= 0.6 is 23.2 Å². The average Bonchev–Trinajstić information content (AvgIpc) is 2.52. The zero-order valence-electron chi connectivity index (χ0n) is 13.4. The molecule has 0 saturated heterocycles. The summed E-state index contributed by atoms with van der Waals surface area (Å²) in [6, 6.07) is 10.2. The van der Waals surface area contributed by atoms with Crippen molar-refractivity contribution in [3.63, 3.8) is 0 Å². The van der Waals surface area contributed by atoms with Crippen LogP contribution in [0.25, 0.3) is 0 Å². The number of esters is 1. The lowest BCUT2D eigenvalue weighted by Crippen LogP contribution is -2.31. The fourth-order valence-electron chi connectivity index (χ4n) is 2.22. The van der Waals surface area contributed by atoms with Gasteiger partial charge in [0.15, 0.2) is 6.61 Å². The molecule has 25 heavy (non-hydrogen) atoms. The fourth-order valence-corrected chi connectivity index (χ4v) is 2.80. The standard InChI is InChI=1S/C18H16Cl2FNO3/c1-11(15-6-5-13(19)9-16(15)20)22-17(23)10-25-18(24)8-12-3-2-4-14(21)7-12/h2-7,9,11H,8,10H2,1H3,(H,22,23)/t11-/m1/s1. The maximum atomic E-state index is 13.1. The summed E-state index contributed by atoms with van der Waals surface area (Å²) in [7, 11) is 0. The van der Waals surface area contributed by atoms with Gasteiger partial charge in [0.2, 0.25) is 0 Å². The Balaban J connectivity index is 1.82. The first-order valence-electron chi connectivity index (χ1n) is 7.49. The Morgan fingerprint density at radius 3 is 2.64 bits per heavy atom. The van der Waals surface area contributed by atoms with Gasteiger partial charge in [0.25, 0.3) is 5.91 Å². The van der Waals surface area contributed by atoms with Gasteiger partial charge in [-0.25, -0.2) is 4.39 Å². The van der Waals surface area contributed by atoms with Crippen LogP contribution in [0.15, 0.2) is 42.5 Å². The molecule has 7 heteroatoms. The topological polar surface area (TPSA) is 55.4 Å². The Morgan fingerprint density at radius 1 is 1.20 bits per heavy atom. The van der Waals surface area contributed by atoms with E-state index in [1.54, 1.807) is 31.2 Å². The monoisotopic (exact) mass is 383 g/mol. The summed E-state index contributed by atoms with van der Waals surface area (Å²) in [5.74, 6) is -1.51. The quantitative estimate of drug-likeness (QED) is 0.764. The Morgan fingerprint density at radius 2 is 1.96 bits per heavy atom. The Bertz CT molecular complexity index is 783. The molecule has 1 N–H and O–H groups in total. The molecule has 1 atom stereocenters. The van der Waals surface area contributed by atoms with E-state index in [4.69, 9.17) is 27.9 Å².